The van der Waals surface area contributed by atoms with Crippen molar-refractivity contribution in [3.8, 4) is 11.5 Å². The van der Waals surface area contributed by atoms with Gasteiger partial charge < -0.3 is 20.5 Å². The number of unbranched alkanes of at least 4 members (excludes halogenated alkanes) is 3. The summed E-state index contributed by atoms with van der Waals surface area (Å²) in [5.41, 5.74) is 6.18. The Labute approximate surface area is 131 Å². The molecule has 0 aliphatic carbocycles. The van der Waals surface area contributed by atoms with Crippen LogP contribution in [0.4, 0.5) is 5.69 Å². The van der Waals surface area contributed by atoms with E-state index in [1.165, 1.54) is 0 Å². The van der Waals surface area contributed by atoms with E-state index >= 15 is 0 Å². The number of anilines is 1. The lowest BCUT2D eigenvalue weighted by molar-refractivity contribution is -0.116. The van der Waals surface area contributed by atoms with Crippen molar-refractivity contribution in [3.63, 3.8) is 0 Å². The van der Waals surface area contributed by atoms with Crippen molar-refractivity contribution in [3.05, 3.63) is 18.2 Å². The summed E-state index contributed by atoms with van der Waals surface area (Å²) in [5, 5.41) is 2.88. The molecule has 2 rings (SSSR count). The van der Waals surface area contributed by atoms with E-state index in [9.17, 15) is 4.79 Å². The van der Waals surface area contributed by atoms with Gasteiger partial charge in [0.25, 0.3) is 0 Å². The average molecular weight is 315 g/mol. The molecule has 5 nitrogen and oxygen atoms in total. The van der Waals surface area contributed by atoms with E-state index in [0.29, 0.717) is 25.4 Å². The van der Waals surface area contributed by atoms with Gasteiger partial charge in [0.2, 0.25) is 5.91 Å². The Morgan fingerprint density at radius 3 is 2.57 bits per heavy atom. The van der Waals surface area contributed by atoms with Crippen LogP contribution in [0.2, 0.25) is 0 Å². The van der Waals surface area contributed by atoms with Crippen molar-refractivity contribution in [1.82, 2.24) is 0 Å². The summed E-state index contributed by atoms with van der Waals surface area (Å²) in [4.78, 5) is 11.8. The quantitative estimate of drug-likeness (QED) is 0.759. The molecule has 1 aromatic carbocycles. The van der Waals surface area contributed by atoms with Crippen molar-refractivity contribution in [1.29, 1.82) is 0 Å². The predicted molar refractivity (Wildman–Crippen MR) is 85.4 cm³/mol. The lowest BCUT2D eigenvalue weighted by Gasteiger charge is -2.19. The Balaban J connectivity index is 0.00000220. The van der Waals surface area contributed by atoms with Crippen molar-refractivity contribution >= 4 is 24.0 Å². The van der Waals surface area contributed by atoms with E-state index in [2.05, 4.69) is 5.32 Å². The zero-order valence-electron chi connectivity index (χ0n) is 12.1. The Kier molecular flexibility index (Phi) is 7.93. The smallest absolute Gasteiger partial charge is 0.224 e. The number of ether oxygens (including phenoxy) is 2. The van der Waals surface area contributed by atoms with Gasteiger partial charge in [-0.25, -0.2) is 0 Å². The molecule has 0 saturated carbocycles. The zero-order chi connectivity index (χ0) is 14.2. The average Bonchev–Trinajstić information content (AvgIpc) is 2.47. The number of hydrogen-bond donors (Lipinski definition) is 2. The minimum atomic E-state index is 0. The van der Waals surface area contributed by atoms with Crippen LogP contribution in [0.1, 0.15) is 32.1 Å². The number of nitrogens with one attached hydrogen (secondary N) is 1. The maximum absolute atomic E-state index is 11.8. The van der Waals surface area contributed by atoms with E-state index in [1.54, 1.807) is 6.07 Å². The Morgan fingerprint density at radius 1 is 1.10 bits per heavy atom. The van der Waals surface area contributed by atoms with Crippen molar-refractivity contribution in [2.45, 2.75) is 32.1 Å². The van der Waals surface area contributed by atoms with E-state index in [1.807, 2.05) is 12.1 Å². The lowest BCUT2D eigenvalue weighted by atomic mass is 10.1. The topological polar surface area (TPSA) is 73.6 Å². The molecule has 3 N–H and O–H groups in total. The standard InChI is InChI=1S/C15H22N2O3.ClH/c16-8-4-2-1-3-5-15(18)17-12-6-7-13-14(11-12)20-10-9-19-13;/h6-7,11H,1-5,8-10,16H2,(H,17,18);1H. The molecule has 1 amide bonds. The highest BCUT2D eigenvalue weighted by molar-refractivity contribution is 5.91. The van der Waals surface area contributed by atoms with Gasteiger partial charge in [-0.1, -0.05) is 12.8 Å². The first kappa shape index (κ1) is 17.6. The molecular weight excluding hydrogens is 292 g/mol. The summed E-state index contributed by atoms with van der Waals surface area (Å²) in [6.45, 7) is 1.84. The molecule has 1 aliphatic rings. The molecule has 0 unspecified atom stereocenters. The number of rotatable bonds is 7. The first-order chi connectivity index (χ1) is 9.79. The van der Waals surface area contributed by atoms with E-state index in [0.717, 1.165) is 43.7 Å². The lowest BCUT2D eigenvalue weighted by Crippen LogP contribution is -2.16. The normalized spacial score (nSPS) is 12.4. The third-order valence-corrected chi connectivity index (χ3v) is 3.18. The molecule has 0 bridgehead atoms. The third-order valence-electron chi connectivity index (χ3n) is 3.18. The highest BCUT2D eigenvalue weighted by Gasteiger charge is 2.12. The molecule has 1 aromatic rings. The van der Waals surface area contributed by atoms with Crippen LogP contribution in [0.3, 0.4) is 0 Å². The maximum atomic E-state index is 11.8. The highest BCUT2D eigenvalue weighted by atomic mass is 35.5. The van der Waals surface area contributed by atoms with Gasteiger partial charge in [0.1, 0.15) is 13.2 Å². The molecule has 118 valence electrons. The van der Waals surface area contributed by atoms with Gasteiger partial charge in [-0.15, -0.1) is 12.4 Å². The van der Waals surface area contributed by atoms with Crippen LogP contribution in [0.25, 0.3) is 0 Å². The number of carbonyl (C=O) groups excluding carboxylic acids is 1. The first-order valence-corrected chi connectivity index (χ1v) is 7.19. The number of carbonyl (C=O) groups is 1. The van der Waals surface area contributed by atoms with Gasteiger partial charge >= 0.3 is 0 Å². The predicted octanol–water partition coefficient (Wildman–Crippen LogP) is 2.73. The van der Waals surface area contributed by atoms with Crippen molar-refractivity contribution < 1.29 is 14.3 Å². The molecule has 0 aromatic heterocycles. The first-order valence-electron chi connectivity index (χ1n) is 7.19. The minimum absolute atomic E-state index is 0. The second-order valence-electron chi connectivity index (χ2n) is 4.86. The monoisotopic (exact) mass is 314 g/mol. The van der Waals surface area contributed by atoms with E-state index in [-0.39, 0.29) is 18.3 Å². The fourth-order valence-corrected chi connectivity index (χ4v) is 2.13. The molecule has 21 heavy (non-hydrogen) atoms. The summed E-state index contributed by atoms with van der Waals surface area (Å²) >= 11 is 0. The number of fused-ring (bicyclic) bond motifs is 1. The molecule has 0 saturated heterocycles. The number of halogens is 1. The van der Waals surface area contributed by atoms with E-state index < -0.39 is 0 Å². The maximum Gasteiger partial charge on any atom is 0.224 e. The molecular formula is C15H23ClN2O3. The Bertz CT molecular complexity index is 455. The fraction of sp³-hybridized carbons (Fsp3) is 0.533. The number of benzene rings is 1. The second kappa shape index (κ2) is 9.47. The van der Waals surface area contributed by atoms with E-state index in [4.69, 9.17) is 15.2 Å². The molecule has 0 radical (unpaired) electrons. The SMILES string of the molecule is Cl.NCCCCCCC(=O)Nc1ccc2c(c1)OCCO2. The summed E-state index contributed by atoms with van der Waals surface area (Å²) in [7, 11) is 0. The number of nitrogens with two attached hydrogens (primary N) is 1. The minimum Gasteiger partial charge on any atom is -0.486 e. The summed E-state index contributed by atoms with van der Waals surface area (Å²) in [6, 6.07) is 5.46. The largest absolute Gasteiger partial charge is 0.486 e. The molecule has 1 aliphatic heterocycles. The van der Waals surface area contributed by atoms with Gasteiger partial charge in [0.05, 0.1) is 0 Å². The summed E-state index contributed by atoms with van der Waals surface area (Å²) < 4.78 is 10.9. The Morgan fingerprint density at radius 2 is 1.81 bits per heavy atom. The third kappa shape index (κ3) is 5.81. The van der Waals surface area contributed by atoms with Gasteiger partial charge in [0, 0.05) is 18.2 Å². The van der Waals surface area contributed by atoms with Crippen LogP contribution in [-0.2, 0) is 4.79 Å². The number of amides is 1. The second-order valence-corrected chi connectivity index (χ2v) is 4.86. The van der Waals surface area contributed by atoms with Gasteiger partial charge in [-0.3, -0.25) is 4.79 Å². The van der Waals surface area contributed by atoms with Crippen LogP contribution in [0, 0.1) is 0 Å². The fourth-order valence-electron chi connectivity index (χ4n) is 2.13. The summed E-state index contributed by atoms with van der Waals surface area (Å²) in [5.74, 6) is 1.46. The number of hydrogen-bond acceptors (Lipinski definition) is 4. The highest BCUT2D eigenvalue weighted by Crippen LogP contribution is 2.32. The van der Waals surface area contributed by atoms with Gasteiger partial charge in [-0.2, -0.15) is 0 Å². The van der Waals surface area contributed by atoms with Gasteiger partial charge in [-0.05, 0) is 31.5 Å². The van der Waals surface area contributed by atoms with Crippen LogP contribution in [-0.4, -0.2) is 25.7 Å². The molecule has 0 spiro atoms. The zero-order valence-corrected chi connectivity index (χ0v) is 12.9. The van der Waals surface area contributed by atoms with Crippen LogP contribution in [0.15, 0.2) is 18.2 Å². The van der Waals surface area contributed by atoms with Crippen molar-refractivity contribution in [2.75, 3.05) is 25.1 Å². The molecule has 0 fully saturated rings. The van der Waals surface area contributed by atoms with Crippen LogP contribution >= 0.6 is 12.4 Å². The molecule has 6 heteroatoms. The van der Waals surface area contributed by atoms with Crippen LogP contribution < -0.4 is 20.5 Å². The molecule has 0 atom stereocenters. The van der Waals surface area contributed by atoms with Crippen molar-refractivity contribution in [2.24, 2.45) is 5.73 Å². The Hall–Kier alpha value is -1.46. The molecule has 1 heterocycles. The summed E-state index contributed by atoms with van der Waals surface area (Å²) in [6.07, 6.45) is 4.61. The van der Waals surface area contributed by atoms with Crippen LogP contribution in [0.5, 0.6) is 11.5 Å². The van der Waals surface area contributed by atoms with Gasteiger partial charge in [0.15, 0.2) is 11.5 Å².